The zero-order chi connectivity index (χ0) is 50.4. The summed E-state index contributed by atoms with van der Waals surface area (Å²) in [6.07, 6.45) is 13.7. The maximum Gasteiger partial charge on any atom is 0.342 e. The van der Waals surface area contributed by atoms with Crippen molar-refractivity contribution in [1.29, 1.82) is 0 Å². The minimum absolute atomic E-state index is 0.0280. The van der Waals surface area contributed by atoms with Gasteiger partial charge < -0.3 is 16.0 Å². The van der Waals surface area contributed by atoms with E-state index in [4.69, 9.17) is 0 Å². The number of aryl methyl sites for hydroxylation is 4. The monoisotopic (exact) mass is 945 g/mol. The van der Waals surface area contributed by atoms with Crippen molar-refractivity contribution >= 4 is 18.0 Å². The Morgan fingerprint density at radius 1 is 0.529 bits per heavy atom. The maximum absolute atomic E-state index is 15.2. The molecule has 3 aliphatic rings. The van der Waals surface area contributed by atoms with Gasteiger partial charge in [-0.2, -0.15) is 19.6 Å². The van der Waals surface area contributed by atoms with E-state index in [1.165, 1.54) is 23.1 Å². The van der Waals surface area contributed by atoms with Crippen molar-refractivity contribution in [3.63, 3.8) is 0 Å². The van der Waals surface area contributed by atoms with Crippen LogP contribution in [0.15, 0.2) is 26.8 Å². The zero-order valence-electron chi connectivity index (χ0n) is 44.0. The van der Waals surface area contributed by atoms with E-state index < -0.39 is 33.3 Å². The van der Waals surface area contributed by atoms with Gasteiger partial charge in [0.2, 0.25) is 5.91 Å². The number of carbonyl (C=O) groups excluding carboxylic acids is 3. The Morgan fingerprint density at radius 3 is 1.18 bits per heavy atom. The van der Waals surface area contributed by atoms with E-state index in [2.05, 4.69) is 95.4 Å². The fraction of sp³-hybridized carbons (Fsp3) is 0.769. The van der Waals surface area contributed by atoms with Crippen molar-refractivity contribution in [2.24, 2.45) is 32.5 Å². The molecule has 3 aromatic rings. The van der Waals surface area contributed by atoms with E-state index in [9.17, 15) is 14.4 Å². The highest BCUT2D eigenvalue weighted by atomic mass is 16.2. The third kappa shape index (κ3) is 12.7. The molecule has 68 heavy (non-hydrogen) atoms. The van der Waals surface area contributed by atoms with Gasteiger partial charge in [0.1, 0.15) is 0 Å². The molecular weight excluding hydrogens is 861 g/mol. The predicted molar refractivity (Wildman–Crippen MR) is 266 cm³/mol. The van der Waals surface area contributed by atoms with Gasteiger partial charge >= 0.3 is 29.1 Å². The van der Waals surface area contributed by atoms with Crippen molar-refractivity contribution in [3.05, 3.63) is 66.4 Å². The number of nitrogens with one attached hydrogen (secondary N) is 3. The summed E-state index contributed by atoms with van der Waals surface area (Å²) in [6.45, 7) is 29.1. The van der Waals surface area contributed by atoms with Gasteiger partial charge in [-0.3, -0.25) is 4.79 Å². The largest absolute Gasteiger partial charge is 0.353 e. The predicted octanol–water partition coefficient (Wildman–Crippen LogP) is 8.16. The van der Waals surface area contributed by atoms with Crippen LogP contribution in [-0.2, 0) is 24.4 Å². The first-order valence-corrected chi connectivity index (χ1v) is 25.3. The lowest BCUT2D eigenvalue weighted by Crippen LogP contribution is -2.60. The van der Waals surface area contributed by atoms with E-state index in [-0.39, 0.29) is 72.0 Å². The molecule has 16 nitrogen and oxygen atoms in total. The molecular formula is C52H84N10O6. The second-order valence-electron chi connectivity index (χ2n) is 25.3. The van der Waals surface area contributed by atoms with Gasteiger partial charge in [-0.15, -0.1) is 0 Å². The zero-order valence-corrected chi connectivity index (χ0v) is 44.0. The Bertz CT molecular complexity index is 2360. The molecule has 0 saturated heterocycles. The van der Waals surface area contributed by atoms with Crippen molar-refractivity contribution in [3.8, 4) is 0 Å². The number of carbonyl (C=O) groups is 3. The highest BCUT2D eigenvalue weighted by molar-refractivity contribution is 5.77. The van der Waals surface area contributed by atoms with Crippen LogP contribution < -0.4 is 33.0 Å². The van der Waals surface area contributed by atoms with Crippen LogP contribution in [0.4, 0.5) is 9.59 Å². The molecule has 0 aliphatic heterocycles. The second kappa shape index (κ2) is 19.6. The maximum atomic E-state index is 15.2. The van der Waals surface area contributed by atoms with Gasteiger partial charge in [0, 0.05) is 56.6 Å². The Morgan fingerprint density at radius 2 is 0.868 bits per heavy atom. The molecule has 3 amide bonds. The average molecular weight is 945 g/mol. The molecule has 6 unspecified atom stereocenters. The highest BCUT2D eigenvalue weighted by Crippen LogP contribution is 2.49. The first kappa shape index (κ1) is 52.6. The van der Waals surface area contributed by atoms with Crippen molar-refractivity contribution in [2.75, 3.05) is 0 Å². The summed E-state index contributed by atoms with van der Waals surface area (Å²) in [5.41, 5.74) is -1.13. The molecule has 0 spiro atoms. The Hall–Kier alpha value is -4.76. The summed E-state index contributed by atoms with van der Waals surface area (Å²) < 4.78 is 6.54. The lowest BCUT2D eigenvalue weighted by molar-refractivity contribution is -0.122. The number of hydrogen-bond donors (Lipinski definition) is 3. The van der Waals surface area contributed by atoms with Crippen LogP contribution >= 0.6 is 0 Å². The summed E-state index contributed by atoms with van der Waals surface area (Å²) in [5.74, 6) is 0.0280. The Balaban J connectivity index is 1.37. The highest BCUT2D eigenvalue weighted by Gasteiger charge is 2.47. The van der Waals surface area contributed by atoms with Crippen LogP contribution in [0.1, 0.15) is 182 Å². The number of hydrogen-bond acceptors (Lipinski definition) is 8. The molecule has 3 heterocycles. The van der Waals surface area contributed by atoms with E-state index in [1.807, 2.05) is 27.7 Å². The summed E-state index contributed by atoms with van der Waals surface area (Å²) in [7, 11) is 0. The van der Waals surface area contributed by atoms with Crippen LogP contribution in [0, 0.1) is 60.2 Å². The topological polar surface area (TPSA) is 189 Å². The minimum Gasteiger partial charge on any atom is -0.353 e. The molecule has 3 aromatic heterocycles. The molecule has 378 valence electrons. The molecule has 3 fully saturated rings. The van der Waals surface area contributed by atoms with Crippen molar-refractivity contribution in [1.82, 2.24) is 49.2 Å². The number of amides is 3. The van der Waals surface area contributed by atoms with E-state index >= 15 is 14.4 Å². The van der Waals surface area contributed by atoms with Crippen molar-refractivity contribution in [2.45, 2.75) is 225 Å². The van der Waals surface area contributed by atoms with Gasteiger partial charge in [0.15, 0.2) is 0 Å². The van der Waals surface area contributed by atoms with Gasteiger partial charge in [-0.25, -0.2) is 37.7 Å². The molecule has 3 saturated carbocycles. The van der Waals surface area contributed by atoms with Gasteiger partial charge in [-0.1, -0.05) is 88.5 Å². The third-order valence-corrected chi connectivity index (χ3v) is 15.3. The molecule has 0 radical (unpaired) electrons. The number of aromatic nitrogens is 7. The quantitative estimate of drug-likeness (QED) is 0.135. The van der Waals surface area contributed by atoms with Crippen LogP contribution in [-0.4, -0.2) is 69.4 Å². The lowest BCUT2D eigenvalue weighted by Gasteiger charge is -2.48. The normalized spacial score (nSPS) is 27.6. The van der Waals surface area contributed by atoms with E-state index in [0.717, 1.165) is 54.6 Å². The smallest absolute Gasteiger partial charge is 0.342 e. The number of rotatable bonds is 14. The van der Waals surface area contributed by atoms with Crippen LogP contribution in [0.3, 0.4) is 0 Å². The van der Waals surface area contributed by atoms with E-state index in [0.29, 0.717) is 57.8 Å². The van der Waals surface area contributed by atoms with Gasteiger partial charge in [0.25, 0.3) is 0 Å². The van der Waals surface area contributed by atoms with Gasteiger partial charge in [0.05, 0.1) is 11.4 Å². The number of nitrogens with zero attached hydrogens (tertiary/aromatic N) is 7. The van der Waals surface area contributed by atoms with Crippen LogP contribution in [0.5, 0.6) is 0 Å². The molecule has 6 atom stereocenters. The fourth-order valence-corrected chi connectivity index (χ4v) is 13.6. The van der Waals surface area contributed by atoms with E-state index in [1.54, 1.807) is 12.4 Å². The first-order valence-electron chi connectivity index (χ1n) is 25.3. The molecule has 0 aromatic carbocycles. The molecule has 16 heteroatoms. The molecule has 0 bridgehead atoms. The Labute approximate surface area is 403 Å². The Kier molecular flexibility index (Phi) is 15.1. The first-order chi connectivity index (χ1) is 31.4. The summed E-state index contributed by atoms with van der Waals surface area (Å²) >= 11 is 0. The number of unbranched alkanes of at least 4 members (excludes halogenated alkanes) is 3. The second-order valence-corrected chi connectivity index (χ2v) is 25.3. The van der Waals surface area contributed by atoms with Crippen LogP contribution in [0.2, 0.25) is 0 Å². The third-order valence-electron chi connectivity index (χ3n) is 15.3. The summed E-state index contributed by atoms with van der Waals surface area (Å²) in [6, 6.07) is -1.33. The van der Waals surface area contributed by atoms with Crippen molar-refractivity contribution < 1.29 is 14.4 Å². The molecule has 3 aliphatic carbocycles. The summed E-state index contributed by atoms with van der Waals surface area (Å²) in [5, 5.41) is 18.5. The van der Waals surface area contributed by atoms with Gasteiger partial charge in [-0.05, 0) is 136 Å². The SMILES string of the molecule is CCCCCCC(=O)NC1CC(C)(C)CC(C)(Cn2c(=O)n(CC3(C)CC(NC(=O)n4cc(C)c(C)n4)CC(C)(C)C3)c(=O)n(CC3(C)CC(NC(=O)n4cc(C)c(C)n4)CC(C)(C)C3)c2=O)C1. The standard InChI is InChI=1S/C52H84N10O6/c1-15-16-17-18-19-41(63)53-38-20-47(6,7)28-50(12,23-38)31-58-44(66)59(32-51(13)24-39(21-48(8,9)29-51)54-42(64)61-26-34(2)36(4)56-61)46(68)60(45(58)67)33-52(14)25-40(22-49(10,11)30-52)55-43(65)62-27-35(3)37(5)57-62/h26-27,38-40H,15-25,28-33H2,1-14H3,(H,53,63)(H,54,64)(H,55,65). The lowest BCUT2D eigenvalue weighted by atomic mass is 9.62. The minimum atomic E-state index is -0.654. The summed E-state index contributed by atoms with van der Waals surface area (Å²) in [4.78, 5) is 85.8. The fourth-order valence-electron chi connectivity index (χ4n) is 13.6. The molecule has 3 N–H and O–H groups in total. The molecule has 6 rings (SSSR count). The van der Waals surface area contributed by atoms with Crippen LogP contribution in [0.25, 0.3) is 0 Å². The average Bonchev–Trinajstić information content (AvgIpc) is 3.71.